The number of aromatic nitrogens is 1. The minimum absolute atomic E-state index is 0.0877. The molecule has 0 bridgehead atoms. The molecule has 7 heteroatoms. The molecule has 0 atom stereocenters. The summed E-state index contributed by atoms with van der Waals surface area (Å²) in [6, 6.07) is 3.50. The molecule has 0 aromatic carbocycles. The van der Waals surface area contributed by atoms with Crippen LogP contribution >= 0.6 is 15.9 Å². The molecule has 0 spiro atoms. The van der Waals surface area contributed by atoms with Crippen molar-refractivity contribution in [1.29, 1.82) is 0 Å². The molecule has 19 heavy (non-hydrogen) atoms. The standard InChI is InChI=1S/C12H14BrF3N2O/c13-11-2-1-10(9(7-19)17-11)18-5-3-8(4-6-18)12(14,15)16/h1-2,8,19H,3-7H2. The quantitative estimate of drug-likeness (QED) is 0.841. The summed E-state index contributed by atoms with van der Waals surface area (Å²) in [6.07, 6.45) is -3.93. The molecule has 0 amide bonds. The van der Waals surface area contributed by atoms with E-state index in [1.807, 2.05) is 4.90 Å². The van der Waals surface area contributed by atoms with Crippen molar-refractivity contribution in [2.45, 2.75) is 25.6 Å². The van der Waals surface area contributed by atoms with E-state index in [1.165, 1.54) is 0 Å². The number of nitrogens with zero attached hydrogens (tertiary/aromatic N) is 2. The second kappa shape index (κ2) is 5.66. The molecule has 1 fully saturated rings. The summed E-state index contributed by atoms with van der Waals surface area (Å²) in [4.78, 5) is 5.99. The van der Waals surface area contributed by atoms with E-state index in [4.69, 9.17) is 0 Å². The summed E-state index contributed by atoms with van der Waals surface area (Å²) in [6.45, 7) is 0.439. The molecule has 1 N–H and O–H groups in total. The van der Waals surface area contributed by atoms with E-state index in [0.717, 1.165) is 0 Å². The molecule has 0 aliphatic carbocycles. The number of aliphatic hydroxyl groups is 1. The minimum Gasteiger partial charge on any atom is -0.390 e. The van der Waals surface area contributed by atoms with Crippen LogP contribution < -0.4 is 4.90 Å². The van der Waals surface area contributed by atoms with Crippen LogP contribution in [-0.4, -0.2) is 29.4 Å². The molecular formula is C12H14BrF3N2O. The third-order valence-corrected chi connectivity index (χ3v) is 3.81. The topological polar surface area (TPSA) is 36.4 Å². The predicted octanol–water partition coefficient (Wildman–Crippen LogP) is 3.12. The van der Waals surface area contributed by atoms with Gasteiger partial charge < -0.3 is 10.0 Å². The third kappa shape index (κ3) is 3.39. The Morgan fingerprint density at radius 2 is 1.95 bits per heavy atom. The molecule has 2 heterocycles. The minimum atomic E-state index is -4.11. The summed E-state index contributed by atoms with van der Waals surface area (Å²) in [5.41, 5.74) is 1.20. The van der Waals surface area contributed by atoms with Crippen LogP contribution in [0, 0.1) is 5.92 Å². The van der Waals surface area contributed by atoms with Crippen LogP contribution in [0.25, 0.3) is 0 Å². The first-order valence-corrected chi connectivity index (χ1v) is 6.79. The fourth-order valence-electron chi connectivity index (χ4n) is 2.32. The van der Waals surface area contributed by atoms with Gasteiger partial charge >= 0.3 is 6.18 Å². The average molecular weight is 339 g/mol. The van der Waals surface area contributed by atoms with Gasteiger partial charge in [-0.2, -0.15) is 13.2 Å². The molecule has 0 radical (unpaired) electrons. The predicted molar refractivity (Wildman–Crippen MR) is 68.9 cm³/mol. The average Bonchev–Trinajstić information content (AvgIpc) is 2.37. The molecule has 1 aliphatic rings. The SMILES string of the molecule is OCc1nc(Br)ccc1N1CCC(C(F)(F)F)CC1. The summed E-state index contributed by atoms with van der Waals surface area (Å²) < 4.78 is 38.4. The van der Waals surface area contributed by atoms with E-state index >= 15 is 0 Å². The van der Waals surface area contributed by atoms with Crippen LogP contribution in [0.4, 0.5) is 18.9 Å². The number of aliphatic hydroxyl groups excluding tert-OH is 1. The van der Waals surface area contributed by atoms with Crippen molar-refractivity contribution in [2.75, 3.05) is 18.0 Å². The van der Waals surface area contributed by atoms with Gasteiger partial charge in [0, 0.05) is 13.1 Å². The van der Waals surface area contributed by atoms with Gasteiger partial charge in [-0.3, -0.25) is 0 Å². The first-order valence-electron chi connectivity index (χ1n) is 5.99. The molecule has 1 aliphatic heterocycles. The number of halogens is 4. The van der Waals surface area contributed by atoms with Crippen LogP contribution in [0.1, 0.15) is 18.5 Å². The Kier molecular flexibility index (Phi) is 4.35. The number of piperidine rings is 1. The Morgan fingerprint density at radius 1 is 1.32 bits per heavy atom. The van der Waals surface area contributed by atoms with Gasteiger partial charge in [0.15, 0.2) is 0 Å². The fourth-order valence-corrected chi connectivity index (χ4v) is 2.67. The van der Waals surface area contributed by atoms with Gasteiger partial charge in [0.1, 0.15) is 4.60 Å². The van der Waals surface area contributed by atoms with Gasteiger partial charge in [0.25, 0.3) is 0 Å². The lowest BCUT2D eigenvalue weighted by Crippen LogP contribution is -2.39. The van der Waals surface area contributed by atoms with E-state index in [0.29, 0.717) is 29.1 Å². The lowest BCUT2D eigenvalue weighted by molar-refractivity contribution is -0.179. The van der Waals surface area contributed by atoms with Crippen molar-refractivity contribution in [3.05, 3.63) is 22.4 Å². The number of pyridine rings is 1. The van der Waals surface area contributed by atoms with E-state index in [-0.39, 0.29) is 19.4 Å². The van der Waals surface area contributed by atoms with Crippen LogP contribution in [0.5, 0.6) is 0 Å². The fraction of sp³-hybridized carbons (Fsp3) is 0.583. The van der Waals surface area contributed by atoms with E-state index < -0.39 is 12.1 Å². The second-order valence-corrected chi connectivity index (χ2v) is 5.37. The molecule has 1 saturated heterocycles. The Morgan fingerprint density at radius 3 is 2.47 bits per heavy atom. The monoisotopic (exact) mass is 338 g/mol. The van der Waals surface area contributed by atoms with Crippen molar-refractivity contribution in [3.8, 4) is 0 Å². The molecule has 0 unspecified atom stereocenters. The summed E-state index contributed by atoms with van der Waals surface area (Å²) >= 11 is 3.21. The Labute approximate surface area is 117 Å². The van der Waals surface area contributed by atoms with Crippen molar-refractivity contribution < 1.29 is 18.3 Å². The Balaban J connectivity index is 2.10. The highest BCUT2D eigenvalue weighted by Gasteiger charge is 2.41. The number of hydrogen-bond donors (Lipinski definition) is 1. The number of hydrogen-bond acceptors (Lipinski definition) is 3. The van der Waals surface area contributed by atoms with Crippen LogP contribution in [0.2, 0.25) is 0 Å². The van der Waals surface area contributed by atoms with Crippen molar-refractivity contribution in [2.24, 2.45) is 5.92 Å². The van der Waals surface area contributed by atoms with Gasteiger partial charge in [-0.05, 0) is 40.9 Å². The highest BCUT2D eigenvalue weighted by atomic mass is 79.9. The van der Waals surface area contributed by atoms with E-state index in [2.05, 4.69) is 20.9 Å². The molecule has 0 saturated carbocycles. The largest absolute Gasteiger partial charge is 0.391 e. The van der Waals surface area contributed by atoms with Gasteiger partial charge in [0.2, 0.25) is 0 Å². The van der Waals surface area contributed by atoms with E-state index in [1.54, 1.807) is 12.1 Å². The summed E-state index contributed by atoms with van der Waals surface area (Å²) in [7, 11) is 0. The van der Waals surface area contributed by atoms with Gasteiger partial charge in [-0.15, -0.1) is 0 Å². The highest BCUT2D eigenvalue weighted by molar-refractivity contribution is 9.10. The van der Waals surface area contributed by atoms with Gasteiger partial charge in [-0.1, -0.05) is 0 Å². The molecule has 1 aromatic rings. The van der Waals surface area contributed by atoms with Crippen molar-refractivity contribution in [3.63, 3.8) is 0 Å². The molecule has 3 nitrogen and oxygen atoms in total. The van der Waals surface area contributed by atoms with Crippen LogP contribution in [-0.2, 0) is 6.61 Å². The molecular weight excluding hydrogens is 325 g/mol. The number of rotatable bonds is 2. The Hall–Kier alpha value is -0.820. The summed E-state index contributed by atoms with van der Waals surface area (Å²) in [5.74, 6) is -1.22. The van der Waals surface area contributed by atoms with Crippen LogP contribution in [0.3, 0.4) is 0 Å². The maximum atomic E-state index is 12.6. The second-order valence-electron chi connectivity index (χ2n) is 4.56. The zero-order valence-electron chi connectivity index (χ0n) is 10.1. The number of alkyl halides is 3. The molecule has 2 rings (SSSR count). The normalized spacial score (nSPS) is 17.8. The smallest absolute Gasteiger partial charge is 0.390 e. The van der Waals surface area contributed by atoms with Gasteiger partial charge in [0.05, 0.1) is 23.9 Å². The van der Waals surface area contributed by atoms with Crippen LogP contribution in [0.15, 0.2) is 16.7 Å². The maximum Gasteiger partial charge on any atom is 0.391 e. The molecule has 106 valence electrons. The highest BCUT2D eigenvalue weighted by Crippen LogP contribution is 2.36. The molecule has 1 aromatic heterocycles. The van der Waals surface area contributed by atoms with Crippen molar-refractivity contribution in [1.82, 2.24) is 4.98 Å². The van der Waals surface area contributed by atoms with Crippen molar-refractivity contribution >= 4 is 21.6 Å². The lowest BCUT2D eigenvalue weighted by atomic mass is 9.96. The first kappa shape index (κ1) is 14.6. The van der Waals surface area contributed by atoms with E-state index in [9.17, 15) is 18.3 Å². The Bertz CT molecular complexity index is 445. The zero-order chi connectivity index (χ0) is 14.0. The number of anilines is 1. The lowest BCUT2D eigenvalue weighted by Gasteiger charge is -2.35. The summed E-state index contributed by atoms with van der Waals surface area (Å²) in [5, 5.41) is 9.26. The zero-order valence-corrected chi connectivity index (χ0v) is 11.7. The maximum absolute atomic E-state index is 12.6. The van der Waals surface area contributed by atoms with Gasteiger partial charge in [-0.25, -0.2) is 4.98 Å². The first-order chi connectivity index (χ1) is 8.91. The third-order valence-electron chi connectivity index (χ3n) is 3.36.